The Morgan fingerprint density at radius 3 is 2.85 bits per heavy atom. The lowest BCUT2D eigenvalue weighted by Crippen LogP contribution is -2.04. The fourth-order valence-corrected chi connectivity index (χ4v) is 1.50. The Morgan fingerprint density at radius 1 is 1.54 bits per heavy atom. The van der Waals surface area contributed by atoms with Gasteiger partial charge in [0, 0.05) is 16.5 Å². The first-order valence-corrected chi connectivity index (χ1v) is 4.43. The summed E-state index contributed by atoms with van der Waals surface area (Å²) in [4.78, 5) is 4.34. The van der Waals surface area contributed by atoms with Gasteiger partial charge in [-0.2, -0.15) is 0 Å². The molecule has 72 valence electrons. The van der Waals surface area contributed by atoms with Gasteiger partial charge in [0.1, 0.15) is 0 Å². The van der Waals surface area contributed by atoms with Gasteiger partial charge in [-0.1, -0.05) is 15.9 Å². The summed E-state index contributed by atoms with van der Waals surface area (Å²) in [5.74, 6) is 3.83. The van der Waals surface area contributed by atoms with Gasteiger partial charge in [0.2, 0.25) is 0 Å². The van der Waals surface area contributed by atoms with E-state index in [1.165, 1.54) is 12.1 Å². The van der Waals surface area contributed by atoms with Crippen molar-refractivity contribution in [2.24, 2.45) is 5.90 Å². The maximum absolute atomic E-state index is 12.8. The van der Waals surface area contributed by atoms with Crippen LogP contribution in [0.25, 0.3) is 0 Å². The normalized spacial score (nSPS) is 10.4. The van der Waals surface area contributed by atoms with E-state index in [0.29, 0.717) is 16.5 Å². The van der Waals surface area contributed by atoms with E-state index in [1.54, 1.807) is 0 Å². The van der Waals surface area contributed by atoms with Gasteiger partial charge in [-0.05, 0) is 12.1 Å². The number of phenols is 1. The standard InChI is InChI=1S/C8H9BrFNO2/c9-6-1-2-7(10)8(12)5(6)3-4-13-11/h1-2,12H,3-4,11H2. The van der Waals surface area contributed by atoms with Crippen molar-refractivity contribution in [3.8, 4) is 5.75 Å². The summed E-state index contributed by atoms with van der Waals surface area (Å²) in [6.45, 7) is 0.232. The highest BCUT2D eigenvalue weighted by Gasteiger charge is 2.10. The zero-order valence-electron chi connectivity index (χ0n) is 6.76. The van der Waals surface area contributed by atoms with Crippen LogP contribution in [0.15, 0.2) is 16.6 Å². The van der Waals surface area contributed by atoms with Crippen LogP contribution in [0.3, 0.4) is 0 Å². The van der Waals surface area contributed by atoms with Crippen molar-refractivity contribution < 1.29 is 14.3 Å². The third-order valence-electron chi connectivity index (χ3n) is 1.65. The maximum atomic E-state index is 12.8. The second kappa shape index (κ2) is 4.55. The molecule has 0 atom stereocenters. The Labute approximate surface area is 83.4 Å². The third kappa shape index (κ3) is 2.40. The molecule has 0 unspecified atom stereocenters. The van der Waals surface area contributed by atoms with Crippen LogP contribution in [0.2, 0.25) is 0 Å². The van der Waals surface area contributed by atoms with Gasteiger partial charge in [-0.25, -0.2) is 10.3 Å². The second-order valence-electron chi connectivity index (χ2n) is 2.48. The quantitative estimate of drug-likeness (QED) is 0.803. The van der Waals surface area contributed by atoms with E-state index in [2.05, 4.69) is 20.8 Å². The molecule has 0 fully saturated rings. The number of rotatable bonds is 3. The van der Waals surface area contributed by atoms with Gasteiger partial charge in [-0.3, -0.25) is 0 Å². The molecule has 1 aromatic rings. The topological polar surface area (TPSA) is 55.5 Å². The predicted molar refractivity (Wildman–Crippen MR) is 49.6 cm³/mol. The molecule has 0 bridgehead atoms. The van der Waals surface area contributed by atoms with E-state index in [4.69, 9.17) is 5.90 Å². The van der Waals surface area contributed by atoms with Gasteiger partial charge < -0.3 is 9.94 Å². The molecular weight excluding hydrogens is 241 g/mol. The fraction of sp³-hybridized carbons (Fsp3) is 0.250. The number of benzene rings is 1. The maximum Gasteiger partial charge on any atom is 0.165 e. The average Bonchev–Trinajstić information content (AvgIpc) is 2.12. The Balaban J connectivity index is 2.96. The van der Waals surface area contributed by atoms with E-state index in [0.717, 1.165) is 0 Å². The van der Waals surface area contributed by atoms with Gasteiger partial charge >= 0.3 is 0 Å². The van der Waals surface area contributed by atoms with Crippen LogP contribution >= 0.6 is 15.9 Å². The molecule has 1 rings (SSSR count). The first-order chi connectivity index (χ1) is 6.16. The lowest BCUT2D eigenvalue weighted by Gasteiger charge is -2.06. The van der Waals surface area contributed by atoms with Crippen LogP contribution in [0, 0.1) is 5.82 Å². The van der Waals surface area contributed by atoms with Gasteiger partial charge in [0.15, 0.2) is 11.6 Å². The highest BCUT2D eigenvalue weighted by Crippen LogP contribution is 2.28. The minimum atomic E-state index is -0.643. The van der Waals surface area contributed by atoms with Crippen LogP contribution in [0.4, 0.5) is 4.39 Å². The van der Waals surface area contributed by atoms with Crippen LogP contribution in [0.5, 0.6) is 5.75 Å². The van der Waals surface area contributed by atoms with Crippen molar-refractivity contribution in [2.45, 2.75) is 6.42 Å². The van der Waals surface area contributed by atoms with Crippen molar-refractivity contribution in [3.05, 3.63) is 28.0 Å². The van der Waals surface area contributed by atoms with E-state index in [-0.39, 0.29) is 12.4 Å². The molecule has 3 nitrogen and oxygen atoms in total. The Kier molecular flexibility index (Phi) is 3.65. The number of halogens is 2. The number of nitrogens with two attached hydrogens (primary N) is 1. The third-order valence-corrected chi connectivity index (χ3v) is 2.39. The van der Waals surface area contributed by atoms with Crippen LogP contribution in [-0.2, 0) is 11.3 Å². The van der Waals surface area contributed by atoms with Crippen molar-refractivity contribution in [2.75, 3.05) is 6.61 Å². The summed E-state index contributed by atoms with van der Waals surface area (Å²) in [7, 11) is 0. The van der Waals surface area contributed by atoms with Gasteiger partial charge in [0.05, 0.1) is 6.61 Å². The Bertz CT molecular complexity index is 306. The molecule has 0 amide bonds. The highest BCUT2D eigenvalue weighted by molar-refractivity contribution is 9.10. The summed E-state index contributed by atoms with van der Waals surface area (Å²) >= 11 is 3.19. The fourth-order valence-electron chi connectivity index (χ4n) is 0.982. The van der Waals surface area contributed by atoms with E-state index >= 15 is 0 Å². The lowest BCUT2D eigenvalue weighted by molar-refractivity contribution is 0.140. The summed E-state index contributed by atoms with van der Waals surface area (Å²) in [5, 5.41) is 9.30. The van der Waals surface area contributed by atoms with E-state index in [1.807, 2.05) is 0 Å². The first-order valence-electron chi connectivity index (χ1n) is 3.64. The summed E-state index contributed by atoms with van der Waals surface area (Å²) in [5.41, 5.74) is 0.463. The molecule has 3 N–H and O–H groups in total. The summed E-state index contributed by atoms with van der Waals surface area (Å²) in [6.07, 6.45) is 0.362. The molecule has 0 saturated heterocycles. The van der Waals surface area contributed by atoms with E-state index < -0.39 is 5.82 Å². The van der Waals surface area contributed by atoms with Crippen molar-refractivity contribution in [1.29, 1.82) is 0 Å². The number of hydrogen-bond donors (Lipinski definition) is 2. The molecule has 0 aromatic heterocycles. The number of phenolic OH excluding ortho intramolecular Hbond substituents is 1. The van der Waals surface area contributed by atoms with Gasteiger partial charge in [-0.15, -0.1) is 0 Å². The molecular formula is C8H9BrFNO2. The molecule has 5 heteroatoms. The highest BCUT2D eigenvalue weighted by atomic mass is 79.9. The largest absolute Gasteiger partial charge is 0.505 e. The molecule has 0 aliphatic carbocycles. The molecule has 0 saturated carbocycles. The van der Waals surface area contributed by atoms with Crippen LogP contribution in [-0.4, -0.2) is 11.7 Å². The Morgan fingerprint density at radius 2 is 2.23 bits per heavy atom. The second-order valence-corrected chi connectivity index (χ2v) is 3.33. The zero-order chi connectivity index (χ0) is 9.84. The van der Waals surface area contributed by atoms with Crippen molar-refractivity contribution in [3.63, 3.8) is 0 Å². The summed E-state index contributed by atoms with van der Waals surface area (Å²) < 4.78 is 13.5. The molecule has 0 aliphatic heterocycles. The smallest absolute Gasteiger partial charge is 0.165 e. The minimum Gasteiger partial charge on any atom is -0.505 e. The number of aromatic hydroxyl groups is 1. The summed E-state index contributed by atoms with van der Waals surface area (Å²) in [6, 6.07) is 2.72. The molecule has 0 radical (unpaired) electrons. The zero-order valence-corrected chi connectivity index (χ0v) is 8.34. The first kappa shape index (κ1) is 10.4. The molecule has 13 heavy (non-hydrogen) atoms. The Hall–Kier alpha value is -0.650. The SMILES string of the molecule is NOCCc1c(Br)ccc(F)c1O. The molecule has 1 aromatic carbocycles. The van der Waals surface area contributed by atoms with E-state index in [9.17, 15) is 9.50 Å². The van der Waals surface area contributed by atoms with Crippen LogP contribution in [0.1, 0.15) is 5.56 Å². The lowest BCUT2D eigenvalue weighted by atomic mass is 10.1. The van der Waals surface area contributed by atoms with Crippen LogP contribution < -0.4 is 5.90 Å². The monoisotopic (exact) mass is 249 g/mol. The average molecular weight is 250 g/mol. The van der Waals surface area contributed by atoms with Gasteiger partial charge in [0.25, 0.3) is 0 Å². The predicted octanol–water partition coefficient (Wildman–Crippen LogP) is 1.73. The molecule has 0 aliphatic rings. The van der Waals surface area contributed by atoms with Crippen molar-refractivity contribution >= 4 is 15.9 Å². The molecule has 0 heterocycles. The number of hydrogen-bond acceptors (Lipinski definition) is 3. The van der Waals surface area contributed by atoms with Crippen molar-refractivity contribution in [1.82, 2.24) is 0 Å². The molecule has 0 spiro atoms. The minimum absolute atomic E-state index is 0.232.